The van der Waals surface area contributed by atoms with E-state index in [-0.39, 0.29) is 10.6 Å². The molecule has 0 amide bonds. The first-order valence-corrected chi connectivity index (χ1v) is 5.88. The Bertz CT molecular complexity index is 491. The SMILES string of the molecule is CC(Br)C(=O)c1cnn(-c2ccccc2)c1. The van der Waals surface area contributed by atoms with Gasteiger partial charge in [-0.1, -0.05) is 34.1 Å². The summed E-state index contributed by atoms with van der Waals surface area (Å²) in [6.45, 7) is 1.81. The number of aromatic nitrogens is 2. The zero-order chi connectivity index (χ0) is 11.5. The van der Waals surface area contributed by atoms with Crippen LogP contribution in [0.1, 0.15) is 17.3 Å². The highest BCUT2D eigenvalue weighted by atomic mass is 79.9. The van der Waals surface area contributed by atoms with Gasteiger partial charge in [-0.05, 0) is 19.1 Å². The van der Waals surface area contributed by atoms with Gasteiger partial charge in [0.1, 0.15) is 0 Å². The van der Waals surface area contributed by atoms with Crippen LogP contribution in [0.5, 0.6) is 0 Å². The molecule has 1 atom stereocenters. The van der Waals surface area contributed by atoms with Gasteiger partial charge in [0, 0.05) is 6.20 Å². The van der Waals surface area contributed by atoms with E-state index in [4.69, 9.17) is 0 Å². The zero-order valence-electron chi connectivity index (χ0n) is 8.80. The van der Waals surface area contributed by atoms with Gasteiger partial charge >= 0.3 is 0 Å². The van der Waals surface area contributed by atoms with Gasteiger partial charge in [0.15, 0.2) is 5.78 Å². The van der Waals surface area contributed by atoms with Gasteiger partial charge in [0.25, 0.3) is 0 Å². The molecule has 3 nitrogen and oxygen atoms in total. The van der Waals surface area contributed by atoms with Gasteiger partial charge < -0.3 is 0 Å². The van der Waals surface area contributed by atoms with Crippen molar-refractivity contribution in [3.63, 3.8) is 0 Å². The van der Waals surface area contributed by atoms with Crippen LogP contribution in [0.25, 0.3) is 5.69 Å². The van der Waals surface area contributed by atoms with Crippen molar-refractivity contribution in [2.45, 2.75) is 11.8 Å². The average molecular weight is 279 g/mol. The summed E-state index contributed by atoms with van der Waals surface area (Å²) in [6, 6.07) is 9.70. The molecule has 1 aromatic carbocycles. The molecule has 0 aliphatic rings. The largest absolute Gasteiger partial charge is 0.293 e. The smallest absolute Gasteiger partial charge is 0.179 e. The van der Waals surface area contributed by atoms with Crippen LogP contribution in [0.15, 0.2) is 42.7 Å². The standard InChI is InChI=1S/C12H11BrN2O/c1-9(13)12(16)10-7-14-15(8-10)11-5-3-2-4-6-11/h2-9H,1H3. The van der Waals surface area contributed by atoms with Crippen molar-refractivity contribution in [2.75, 3.05) is 0 Å². The molecule has 4 heteroatoms. The summed E-state index contributed by atoms with van der Waals surface area (Å²) in [5.41, 5.74) is 1.57. The number of ketones is 1. The summed E-state index contributed by atoms with van der Waals surface area (Å²) in [6.07, 6.45) is 3.34. The van der Waals surface area contributed by atoms with Gasteiger partial charge in [-0.25, -0.2) is 4.68 Å². The summed E-state index contributed by atoms with van der Waals surface area (Å²) in [5.74, 6) is 0.0437. The van der Waals surface area contributed by atoms with Crippen molar-refractivity contribution in [3.8, 4) is 5.69 Å². The van der Waals surface area contributed by atoms with Gasteiger partial charge in [0.2, 0.25) is 0 Å². The first-order chi connectivity index (χ1) is 7.68. The number of carbonyl (C=O) groups excluding carboxylic acids is 1. The molecule has 0 aliphatic heterocycles. The van der Waals surface area contributed by atoms with Crippen molar-refractivity contribution in [2.24, 2.45) is 0 Å². The van der Waals surface area contributed by atoms with Crippen LogP contribution in [0.3, 0.4) is 0 Å². The fraction of sp³-hybridized carbons (Fsp3) is 0.167. The number of hydrogen-bond donors (Lipinski definition) is 0. The Labute approximate surface area is 102 Å². The molecular formula is C12H11BrN2O. The normalized spacial score (nSPS) is 12.4. The average Bonchev–Trinajstić information content (AvgIpc) is 2.78. The van der Waals surface area contributed by atoms with Crippen molar-refractivity contribution in [1.29, 1.82) is 0 Å². The van der Waals surface area contributed by atoms with Crippen LogP contribution in [-0.2, 0) is 0 Å². The molecule has 2 aromatic rings. The minimum atomic E-state index is -0.180. The molecule has 0 bridgehead atoms. The molecule has 1 heterocycles. The lowest BCUT2D eigenvalue weighted by Gasteiger charge is -1.99. The van der Waals surface area contributed by atoms with E-state index < -0.39 is 0 Å². The van der Waals surface area contributed by atoms with Gasteiger partial charge in [-0.15, -0.1) is 0 Å². The Morgan fingerprint density at radius 1 is 1.38 bits per heavy atom. The molecule has 0 aliphatic carbocycles. The van der Waals surface area contributed by atoms with Crippen LogP contribution in [0.2, 0.25) is 0 Å². The Balaban J connectivity index is 2.30. The van der Waals surface area contributed by atoms with E-state index in [0.29, 0.717) is 5.56 Å². The topological polar surface area (TPSA) is 34.9 Å². The third kappa shape index (κ3) is 2.22. The number of Topliss-reactive ketones (excluding diaryl/α,β-unsaturated/α-hetero) is 1. The lowest BCUT2D eigenvalue weighted by molar-refractivity contribution is 0.0996. The molecule has 1 unspecified atom stereocenters. The molecule has 0 fully saturated rings. The summed E-state index contributed by atoms with van der Waals surface area (Å²) < 4.78 is 1.70. The molecule has 0 saturated heterocycles. The third-order valence-electron chi connectivity index (χ3n) is 2.25. The Morgan fingerprint density at radius 2 is 2.06 bits per heavy atom. The highest BCUT2D eigenvalue weighted by Gasteiger charge is 2.13. The van der Waals surface area contributed by atoms with E-state index in [1.54, 1.807) is 17.1 Å². The van der Waals surface area contributed by atoms with E-state index in [1.807, 2.05) is 37.3 Å². The Kier molecular flexibility index (Phi) is 3.19. The van der Waals surface area contributed by atoms with Gasteiger partial charge in [-0.2, -0.15) is 5.10 Å². The lowest BCUT2D eigenvalue weighted by atomic mass is 10.2. The zero-order valence-corrected chi connectivity index (χ0v) is 10.4. The number of para-hydroxylation sites is 1. The second-order valence-corrected chi connectivity index (χ2v) is 4.86. The van der Waals surface area contributed by atoms with E-state index in [9.17, 15) is 4.79 Å². The number of hydrogen-bond acceptors (Lipinski definition) is 2. The molecule has 0 radical (unpaired) electrons. The van der Waals surface area contributed by atoms with Crippen LogP contribution in [0.4, 0.5) is 0 Å². The quantitative estimate of drug-likeness (QED) is 0.639. The maximum Gasteiger partial charge on any atom is 0.179 e. The summed E-state index contributed by atoms with van der Waals surface area (Å²) >= 11 is 3.26. The highest BCUT2D eigenvalue weighted by Crippen LogP contribution is 2.12. The minimum absolute atomic E-state index is 0.0437. The number of rotatable bonds is 3. The van der Waals surface area contributed by atoms with Gasteiger partial charge in [-0.3, -0.25) is 4.79 Å². The van der Waals surface area contributed by atoms with Crippen molar-refractivity contribution in [3.05, 3.63) is 48.3 Å². The fourth-order valence-electron chi connectivity index (χ4n) is 1.40. The summed E-state index contributed by atoms with van der Waals surface area (Å²) in [7, 11) is 0. The number of nitrogens with zero attached hydrogens (tertiary/aromatic N) is 2. The number of benzene rings is 1. The molecule has 0 N–H and O–H groups in total. The summed E-state index contributed by atoms with van der Waals surface area (Å²) in [4.78, 5) is 11.5. The number of carbonyl (C=O) groups is 1. The van der Waals surface area contributed by atoms with E-state index in [0.717, 1.165) is 5.69 Å². The molecule has 0 saturated carbocycles. The van der Waals surface area contributed by atoms with Crippen molar-refractivity contribution < 1.29 is 4.79 Å². The maximum atomic E-state index is 11.7. The second kappa shape index (κ2) is 4.61. The third-order valence-corrected chi connectivity index (χ3v) is 2.66. The second-order valence-electron chi connectivity index (χ2n) is 3.49. The fourth-order valence-corrected chi connectivity index (χ4v) is 1.67. The van der Waals surface area contributed by atoms with Gasteiger partial charge in [0.05, 0.1) is 22.3 Å². The molecule has 82 valence electrons. The maximum absolute atomic E-state index is 11.7. The molecule has 2 rings (SSSR count). The Hall–Kier alpha value is -1.42. The van der Waals surface area contributed by atoms with E-state index in [1.165, 1.54) is 0 Å². The number of alkyl halides is 1. The van der Waals surface area contributed by atoms with Crippen LogP contribution in [0, 0.1) is 0 Å². The lowest BCUT2D eigenvalue weighted by Crippen LogP contribution is -2.08. The first-order valence-electron chi connectivity index (χ1n) is 4.97. The molecule has 1 aromatic heterocycles. The van der Waals surface area contributed by atoms with Crippen molar-refractivity contribution in [1.82, 2.24) is 9.78 Å². The minimum Gasteiger partial charge on any atom is -0.293 e. The van der Waals surface area contributed by atoms with Crippen LogP contribution < -0.4 is 0 Å². The molecular weight excluding hydrogens is 268 g/mol. The van der Waals surface area contributed by atoms with E-state index in [2.05, 4.69) is 21.0 Å². The molecule has 0 spiro atoms. The highest BCUT2D eigenvalue weighted by molar-refractivity contribution is 9.10. The summed E-state index contributed by atoms with van der Waals surface area (Å²) in [5, 5.41) is 4.16. The molecule has 16 heavy (non-hydrogen) atoms. The Morgan fingerprint density at radius 3 is 2.69 bits per heavy atom. The van der Waals surface area contributed by atoms with Crippen LogP contribution in [-0.4, -0.2) is 20.4 Å². The monoisotopic (exact) mass is 278 g/mol. The van der Waals surface area contributed by atoms with Crippen molar-refractivity contribution >= 4 is 21.7 Å². The first kappa shape index (κ1) is 11.1. The predicted octanol–water partition coefficient (Wildman–Crippen LogP) is 2.84. The predicted molar refractivity (Wildman–Crippen MR) is 66.3 cm³/mol. The number of halogens is 1. The van der Waals surface area contributed by atoms with Crippen LogP contribution >= 0.6 is 15.9 Å². The van der Waals surface area contributed by atoms with E-state index >= 15 is 0 Å².